The molecule has 148 valence electrons. The monoisotopic (exact) mass is 389 g/mol. The van der Waals surface area contributed by atoms with Gasteiger partial charge in [0.2, 0.25) is 0 Å². The van der Waals surface area contributed by atoms with Crippen LogP contribution in [0.2, 0.25) is 0 Å². The normalized spacial score (nSPS) is 16.9. The van der Waals surface area contributed by atoms with Crippen molar-refractivity contribution < 1.29 is 9.18 Å². The van der Waals surface area contributed by atoms with Crippen LogP contribution in [0, 0.1) is 19.7 Å². The van der Waals surface area contributed by atoms with Gasteiger partial charge in [0.15, 0.2) is 0 Å². The second kappa shape index (κ2) is 6.48. The number of rotatable bonds is 1. The van der Waals surface area contributed by atoms with Crippen LogP contribution in [-0.2, 0) is 5.54 Å². The molecule has 5 heteroatoms. The summed E-state index contributed by atoms with van der Waals surface area (Å²) in [5.74, 6) is -0.162. The highest BCUT2D eigenvalue weighted by molar-refractivity contribution is 5.94. The lowest BCUT2D eigenvalue weighted by atomic mass is 9.82. The molecule has 3 heterocycles. The van der Waals surface area contributed by atoms with Crippen molar-refractivity contribution in [3.8, 4) is 5.69 Å². The maximum Gasteiger partial charge on any atom is 0.253 e. The molecule has 0 bridgehead atoms. The van der Waals surface area contributed by atoms with Crippen LogP contribution in [0.3, 0.4) is 0 Å². The van der Waals surface area contributed by atoms with Crippen molar-refractivity contribution in [1.82, 2.24) is 9.47 Å². The summed E-state index contributed by atoms with van der Waals surface area (Å²) < 4.78 is 16.0. The smallest absolute Gasteiger partial charge is 0.253 e. The predicted octanol–water partition coefficient (Wildman–Crippen LogP) is 4.79. The number of carbonyl (C=O) groups is 1. The first-order valence-electron chi connectivity index (χ1n) is 10.1. The summed E-state index contributed by atoms with van der Waals surface area (Å²) in [6.07, 6.45) is 3.59. The van der Waals surface area contributed by atoms with Gasteiger partial charge in [-0.2, -0.15) is 0 Å². The van der Waals surface area contributed by atoms with Crippen molar-refractivity contribution in [2.75, 3.05) is 18.4 Å². The first-order valence-corrected chi connectivity index (χ1v) is 10.1. The lowest BCUT2D eigenvalue weighted by molar-refractivity contribution is 0.0676. The van der Waals surface area contributed by atoms with Crippen molar-refractivity contribution >= 4 is 11.6 Å². The highest BCUT2D eigenvalue weighted by Crippen LogP contribution is 2.43. The van der Waals surface area contributed by atoms with Gasteiger partial charge in [0.25, 0.3) is 5.91 Å². The van der Waals surface area contributed by atoms with Gasteiger partial charge in [0.05, 0.1) is 16.9 Å². The number of hydrogen-bond donors (Lipinski definition) is 1. The van der Waals surface area contributed by atoms with Crippen LogP contribution < -0.4 is 5.32 Å². The van der Waals surface area contributed by atoms with E-state index in [0.717, 1.165) is 35.3 Å². The summed E-state index contributed by atoms with van der Waals surface area (Å²) in [6.45, 7) is 5.41. The first-order chi connectivity index (χ1) is 14.0. The Hall–Kier alpha value is -3.08. The molecule has 0 atom stereocenters. The summed E-state index contributed by atoms with van der Waals surface area (Å²) in [6, 6.07) is 14.9. The Morgan fingerprint density at radius 1 is 1.03 bits per heavy atom. The van der Waals surface area contributed by atoms with E-state index in [-0.39, 0.29) is 17.3 Å². The summed E-state index contributed by atoms with van der Waals surface area (Å²) >= 11 is 0. The zero-order valence-electron chi connectivity index (χ0n) is 16.7. The molecule has 1 fully saturated rings. The van der Waals surface area contributed by atoms with E-state index >= 15 is 0 Å². The Bertz CT molecular complexity index is 1110. The number of likely N-dealkylation sites (tertiary alicyclic amines) is 1. The number of nitrogens with zero attached hydrogens (tertiary/aromatic N) is 2. The lowest BCUT2D eigenvalue weighted by Crippen LogP contribution is -2.51. The third kappa shape index (κ3) is 2.84. The molecular formula is C24H24FN3O. The molecule has 1 saturated heterocycles. The Morgan fingerprint density at radius 3 is 2.59 bits per heavy atom. The molecule has 2 aliphatic rings. The van der Waals surface area contributed by atoms with Crippen molar-refractivity contribution in [1.29, 1.82) is 0 Å². The zero-order chi connectivity index (χ0) is 20.2. The molecule has 1 aromatic heterocycles. The second-order valence-electron chi connectivity index (χ2n) is 8.22. The van der Waals surface area contributed by atoms with E-state index in [1.807, 2.05) is 48.4 Å². The minimum Gasteiger partial charge on any atom is -0.372 e. The molecule has 0 saturated carbocycles. The lowest BCUT2D eigenvalue weighted by Gasteiger charge is -2.46. The fourth-order valence-corrected chi connectivity index (χ4v) is 4.65. The third-order valence-corrected chi connectivity index (χ3v) is 6.49. The molecule has 1 amide bonds. The van der Waals surface area contributed by atoms with Gasteiger partial charge in [0.1, 0.15) is 5.82 Å². The maximum absolute atomic E-state index is 13.9. The number of anilines is 1. The van der Waals surface area contributed by atoms with Gasteiger partial charge in [-0.1, -0.05) is 6.07 Å². The third-order valence-electron chi connectivity index (χ3n) is 6.49. The van der Waals surface area contributed by atoms with Gasteiger partial charge >= 0.3 is 0 Å². The fourth-order valence-electron chi connectivity index (χ4n) is 4.65. The number of nitrogens with one attached hydrogen (secondary N) is 1. The molecule has 3 aromatic rings. The Labute approximate surface area is 170 Å². The van der Waals surface area contributed by atoms with Gasteiger partial charge in [-0.05, 0) is 80.3 Å². The Kier molecular flexibility index (Phi) is 4.02. The van der Waals surface area contributed by atoms with Gasteiger partial charge in [-0.15, -0.1) is 0 Å². The minimum atomic E-state index is -0.287. The number of carbonyl (C=O) groups excluding carboxylic acids is 1. The molecular weight excluding hydrogens is 365 g/mol. The molecule has 0 unspecified atom stereocenters. The zero-order valence-corrected chi connectivity index (χ0v) is 16.7. The van der Waals surface area contributed by atoms with Gasteiger partial charge < -0.3 is 14.8 Å². The number of aryl methyl sites for hydroxylation is 2. The first kappa shape index (κ1) is 18.0. The summed E-state index contributed by atoms with van der Waals surface area (Å²) in [5, 5.41) is 3.61. The Balaban J connectivity index is 1.41. The van der Waals surface area contributed by atoms with Gasteiger partial charge in [0, 0.05) is 30.5 Å². The van der Waals surface area contributed by atoms with E-state index < -0.39 is 0 Å². The largest absolute Gasteiger partial charge is 0.372 e. The molecule has 2 aliphatic heterocycles. The highest BCUT2D eigenvalue weighted by Gasteiger charge is 2.42. The number of amides is 1. The summed E-state index contributed by atoms with van der Waals surface area (Å²) in [5.41, 5.74) is 5.73. The summed E-state index contributed by atoms with van der Waals surface area (Å²) in [4.78, 5) is 15.0. The van der Waals surface area contributed by atoms with Gasteiger partial charge in [-0.3, -0.25) is 4.79 Å². The van der Waals surface area contributed by atoms with E-state index in [1.165, 1.54) is 17.3 Å². The molecule has 2 aromatic carbocycles. The molecule has 0 aliphatic carbocycles. The van der Waals surface area contributed by atoms with Crippen molar-refractivity contribution in [3.63, 3.8) is 0 Å². The van der Waals surface area contributed by atoms with Crippen LogP contribution in [0.4, 0.5) is 10.1 Å². The van der Waals surface area contributed by atoms with Crippen molar-refractivity contribution in [2.24, 2.45) is 0 Å². The van der Waals surface area contributed by atoms with E-state index in [0.29, 0.717) is 13.1 Å². The number of benzene rings is 2. The fraction of sp³-hybridized carbons (Fsp3) is 0.292. The number of halogens is 1. The van der Waals surface area contributed by atoms with E-state index in [4.69, 9.17) is 0 Å². The highest BCUT2D eigenvalue weighted by atomic mass is 19.1. The Morgan fingerprint density at radius 2 is 1.83 bits per heavy atom. The summed E-state index contributed by atoms with van der Waals surface area (Å²) in [7, 11) is 0. The maximum atomic E-state index is 13.9. The molecule has 4 nitrogen and oxygen atoms in total. The number of hydrogen-bond acceptors (Lipinski definition) is 2. The number of aromatic nitrogens is 1. The van der Waals surface area contributed by atoms with Crippen molar-refractivity contribution in [3.05, 3.63) is 82.9 Å². The average Bonchev–Trinajstić information content (AvgIpc) is 3.21. The van der Waals surface area contributed by atoms with Crippen LogP contribution in [0.5, 0.6) is 0 Å². The van der Waals surface area contributed by atoms with Crippen LogP contribution in [0.25, 0.3) is 5.69 Å². The predicted molar refractivity (Wildman–Crippen MR) is 112 cm³/mol. The standard InChI is InChI=1S/C24H24FN3O/c1-16-5-6-18(14-17(16)2)23(29)27-12-9-24(10-13-27)22-4-3-11-28(22)21-8-7-19(25)15-20(21)26-24/h3-8,11,14-15,26H,9-10,12-13H2,1-2H3. The average molecular weight is 389 g/mol. The molecule has 0 radical (unpaired) electrons. The molecule has 1 spiro atoms. The second-order valence-corrected chi connectivity index (χ2v) is 8.22. The van der Waals surface area contributed by atoms with Crippen molar-refractivity contribution in [2.45, 2.75) is 32.2 Å². The van der Waals surface area contributed by atoms with Gasteiger partial charge in [-0.25, -0.2) is 4.39 Å². The van der Waals surface area contributed by atoms with E-state index in [1.54, 1.807) is 6.07 Å². The number of fused-ring (bicyclic) bond motifs is 4. The molecule has 5 rings (SSSR count). The van der Waals surface area contributed by atoms with E-state index in [9.17, 15) is 9.18 Å². The van der Waals surface area contributed by atoms with Crippen LogP contribution in [0.1, 0.15) is 40.0 Å². The molecule has 29 heavy (non-hydrogen) atoms. The van der Waals surface area contributed by atoms with Crippen LogP contribution >= 0.6 is 0 Å². The topological polar surface area (TPSA) is 37.3 Å². The SMILES string of the molecule is Cc1ccc(C(=O)N2CCC3(CC2)Nc2cc(F)ccc2-n2cccc23)cc1C. The van der Waals surface area contributed by atoms with Crippen LogP contribution in [-0.4, -0.2) is 28.5 Å². The molecule has 1 N–H and O–H groups in total. The van der Waals surface area contributed by atoms with E-state index in [2.05, 4.69) is 22.9 Å². The quantitative estimate of drug-likeness (QED) is 0.650. The van der Waals surface area contributed by atoms with Crippen LogP contribution in [0.15, 0.2) is 54.7 Å². The number of piperidine rings is 1. The minimum absolute atomic E-state index is 0.0839.